The largest absolute Gasteiger partial charge is 0.331 e. The topological polar surface area (TPSA) is 36.4 Å². The minimum atomic E-state index is 0.519. The third kappa shape index (κ3) is 3.02. The summed E-state index contributed by atoms with van der Waals surface area (Å²) in [4.78, 5) is 0. The number of rotatable bonds is 2. The molecule has 3 nitrogen and oxygen atoms in total. The average Bonchev–Trinajstić information content (AvgIpc) is 2.93. The van der Waals surface area contributed by atoms with Crippen LogP contribution in [0.1, 0.15) is 28.7 Å². The van der Waals surface area contributed by atoms with E-state index in [1.807, 2.05) is 18.2 Å². The van der Waals surface area contributed by atoms with E-state index in [0.717, 1.165) is 24.2 Å². The van der Waals surface area contributed by atoms with Gasteiger partial charge in [-0.1, -0.05) is 36.4 Å². The van der Waals surface area contributed by atoms with Crippen LogP contribution >= 0.6 is 12.2 Å². The number of fused-ring (bicyclic) bond motifs is 1. The monoisotopic (exact) mass is 309 g/mol. The first kappa shape index (κ1) is 14.7. The maximum atomic E-state index is 5.34. The maximum absolute atomic E-state index is 5.34. The summed E-state index contributed by atoms with van der Waals surface area (Å²) in [7, 11) is 0. The van der Waals surface area contributed by atoms with Crippen molar-refractivity contribution in [1.82, 2.24) is 5.43 Å². The molecule has 2 N–H and O–H groups in total. The van der Waals surface area contributed by atoms with Crippen molar-refractivity contribution in [3.8, 4) is 0 Å². The summed E-state index contributed by atoms with van der Waals surface area (Å²) in [5.74, 6) is 0. The van der Waals surface area contributed by atoms with Crippen LogP contribution in [0, 0.1) is 13.8 Å². The Hall–Kier alpha value is -2.20. The molecule has 1 aliphatic rings. The van der Waals surface area contributed by atoms with Gasteiger partial charge in [-0.2, -0.15) is 5.10 Å². The number of anilines is 1. The van der Waals surface area contributed by atoms with Gasteiger partial charge < -0.3 is 5.32 Å². The minimum Gasteiger partial charge on any atom is -0.331 e. The molecule has 2 aromatic rings. The van der Waals surface area contributed by atoms with Gasteiger partial charge in [0.2, 0.25) is 0 Å². The molecule has 4 heteroatoms. The fourth-order valence-corrected chi connectivity index (χ4v) is 2.83. The third-order valence-electron chi connectivity index (χ3n) is 4.10. The van der Waals surface area contributed by atoms with Crippen LogP contribution in [0.3, 0.4) is 0 Å². The van der Waals surface area contributed by atoms with Gasteiger partial charge in [-0.05, 0) is 61.7 Å². The standard InChI is InChI=1S/C18H19N3S/c1-12-6-5-9-16(13(12)2)19-18(22)21-20-17-11-10-14-7-3-4-8-15(14)17/h3-9H,10-11H2,1-2H3,(H2,19,21,22)/b20-17-. The quantitative estimate of drug-likeness (QED) is 0.651. The zero-order valence-electron chi connectivity index (χ0n) is 12.8. The van der Waals surface area contributed by atoms with E-state index in [4.69, 9.17) is 12.2 Å². The Balaban J connectivity index is 1.69. The molecule has 0 saturated carbocycles. The van der Waals surface area contributed by atoms with Gasteiger partial charge in [0.25, 0.3) is 0 Å². The number of thiocarbonyl (C=S) groups is 1. The summed E-state index contributed by atoms with van der Waals surface area (Å²) < 4.78 is 0. The molecule has 112 valence electrons. The van der Waals surface area contributed by atoms with Gasteiger partial charge in [0, 0.05) is 11.3 Å². The van der Waals surface area contributed by atoms with Crippen molar-refractivity contribution >= 4 is 28.7 Å². The lowest BCUT2D eigenvalue weighted by atomic mass is 10.1. The first-order valence-electron chi connectivity index (χ1n) is 7.43. The molecule has 0 saturated heterocycles. The van der Waals surface area contributed by atoms with Crippen molar-refractivity contribution in [2.75, 3.05) is 5.32 Å². The van der Waals surface area contributed by atoms with E-state index in [1.54, 1.807) is 0 Å². The first-order chi connectivity index (χ1) is 10.6. The molecule has 0 aliphatic heterocycles. The van der Waals surface area contributed by atoms with E-state index in [0.29, 0.717) is 5.11 Å². The average molecular weight is 309 g/mol. The molecule has 0 heterocycles. The van der Waals surface area contributed by atoms with E-state index in [-0.39, 0.29) is 0 Å². The summed E-state index contributed by atoms with van der Waals surface area (Å²) in [5.41, 5.74) is 10.1. The number of aryl methyl sites for hydroxylation is 2. The van der Waals surface area contributed by atoms with Crippen LogP contribution < -0.4 is 10.7 Å². The Kier molecular flexibility index (Phi) is 4.20. The Bertz CT molecular complexity index is 750. The summed E-state index contributed by atoms with van der Waals surface area (Å²) in [6.45, 7) is 4.17. The van der Waals surface area contributed by atoms with E-state index < -0.39 is 0 Å². The lowest BCUT2D eigenvalue weighted by Gasteiger charge is -2.12. The first-order valence-corrected chi connectivity index (χ1v) is 7.84. The van der Waals surface area contributed by atoms with E-state index in [2.05, 4.69) is 54.0 Å². The third-order valence-corrected chi connectivity index (χ3v) is 4.30. The van der Waals surface area contributed by atoms with Gasteiger partial charge >= 0.3 is 0 Å². The fraction of sp³-hybridized carbons (Fsp3) is 0.222. The molecule has 3 rings (SSSR count). The molecule has 0 amide bonds. The number of hydrogen-bond acceptors (Lipinski definition) is 2. The van der Waals surface area contributed by atoms with Gasteiger partial charge in [-0.3, -0.25) is 5.43 Å². The van der Waals surface area contributed by atoms with Gasteiger partial charge in [-0.15, -0.1) is 0 Å². The Morgan fingerprint density at radius 2 is 1.86 bits per heavy atom. The molecule has 0 atom stereocenters. The lowest BCUT2D eigenvalue weighted by molar-refractivity contribution is 1.01. The Morgan fingerprint density at radius 1 is 1.05 bits per heavy atom. The molecular formula is C18H19N3S. The van der Waals surface area contributed by atoms with Gasteiger partial charge in [0.1, 0.15) is 0 Å². The highest BCUT2D eigenvalue weighted by Gasteiger charge is 2.16. The molecule has 0 fully saturated rings. The Labute approximate surface area is 136 Å². The predicted molar refractivity (Wildman–Crippen MR) is 96.6 cm³/mol. The zero-order chi connectivity index (χ0) is 15.5. The normalized spacial score (nSPS) is 14.7. The van der Waals surface area contributed by atoms with Crippen molar-refractivity contribution in [2.24, 2.45) is 5.10 Å². The molecule has 22 heavy (non-hydrogen) atoms. The predicted octanol–water partition coefficient (Wildman–Crippen LogP) is 3.94. The zero-order valence-corrected chi connectivity index (χ0v) is 13.6. The van der Waals surface area contributed by atoms with Crippen LogP contribution in [0.25, 0.3) is 0 Å². The molecule has 2 aromatic carbocycles. The minimum absolute atomic E-state index is 0.519. The SMILES string of the molecule is Cc1cccc(NC(=S)N/N=C2/CCc3ccccc32)c1C. The Morgan fingerprint density at radius 3 is 2.73 bits per heavy atom. The number of nitrogens with zero attached hydrogens (tertiary/aromatic N) is 1. The fourth-order valence-electron chi connectivity index (χ4n) is 2.68. The molecular weight excluding hydrogens is 290 g/mol. The second-order valence-corrected chi connectivity index (χ2v) is 5.94. The van der Waals surface area contributed by atoms with Crippen LogP contribution in [0.5, 0.6) is 0 Å². The van der Waals surface area contributed by atoms with Crippen molar-refractivity contribution < 1.29 is 0 Å². The molecule has 0 bridgehead atoms. The number of benzene rings is 2. The number of hydrazone groups is 1. The van der Waals surface area contributed by atoms with Crippen LogP contribution in [-0.4, -0.2) is 10.8 Å². The van der Waals surface area contributed by atoms with Crippen LogP contribution in [0.15, 0.2) is 47.6 Å². The number of hydrogen-bond donors (Lipinski definition) is 2. The van der Waals surface area contributed by atoms with Crippen molar-refractivity contribution in [3.63, 3.8) is 0 Å². The van der Waals surface area contributed by atoms with Crippen LogP contribution in [-0.2, 0) is 6.42 Å². The molecule has 0 aromatic heterocycles. The summed E-state index contributed by atoms with van der Waals surface area (Å²) >= 11 is 5.34. The lowest BCUT2D eigenvalue weighted by Crippen LogP contribution is -2.25. The molecule has 1 aliphatic carbocycles. The van der Waals surface area contributed by atoms with Crippen molar-refractivity contribution in [2.45, 2.75) is 26.7 Å². The van der Waals surface area contributed by atoms with Gasteiger partial charge in [0.05, 0.1) is 5.71 Å². The highest BCUT2D eigenvalue weighted by Crippen LogP contribution is 2.22. The second-order valence-electron chi connectivity index (χ2n) is 5.53. The number of nitrogens with one attached hydrogen (secondary N) is 2. The van der Waals surface area contributed by atoms with Gasteiger partial charge in [0.15, 0.2) is 5.11 Å². The highest BCUT2D eigenvalue weighted by molar-refractivity contribution is 7.80. The van der Waals surface area contributed by atoms with Crippen molar-refractivity contribution in [3.05, 3.63) is 64.7 Å². The molecule has 0 spiro atoms. The summed E-state index contributed by atoms with van der Waals surface area (Å²) in [6, 6.07) is 14.5. The smallest absolute Gasteiger partial charge is 0.191 e. The van der Waals surface area contributed by atoms with E-state index in [1.165, 1.54) is 22.3 Å². The molecule has 0 radical (unpaired) electrons. The second kappa shape index (κ2) is 6.28. The van der Waals surface area contributed by atoms with E-state index in [9.17, 15) is 0 Å². The van der Waals surface area contributed by atoms with Crippen molar-refractivity contribution in [1.29, 1.82) is 0 Å². The highest BCUT2D eigenvalue weighted by atomic mass is 32.1. The summed E-state index contributed by atoms with van der Waals surface area (Å²) in [5, 5.41) is 8.21. The molecule has 0 unspecified atom stereocenters. The van der Waals surface area contributed by atoms with Gasteiger partial charge in [-0.25, -0.2) is 0 Å². The van der Waals surface area contributed by atoms with Crippen LogP contribution in [0.4, 0.5) is 5.69 Å². The van der Waals surface area contributed by atoms with E-state index >= 15 is 0 Å². The maximum Gasteiger partial charge on any atom is 0.191 e. The summed E-state index contributed by atoms with van der Waals surface area (Å²) in [6.07, 6.45) is 2.01. The van der Waals surface area contributed by atoms with Crippen LogP contribution in [0.2, 0.25) is 0 Å².